The molecule has 0 spiro atoms. The van der Waals surface area contributed by atoms with Crippen molar-refractivity contribution >= 4 is 22.5 Å². The number of benzene rings is 3. The van der Waals surface area contributed by atoms with Gasteiger partial charge in [0.1, 0.15) is 11.5 Å². The molecule has 55 heavy (non-hydrogen) atoms. The fraction of sp³-hybridized carbons (Fsp3) is 0.565. The van der Waals surface area contributed by atoms with Crippen LogP contribution in [0.3, 0.4) is 0 Å². The molecule has 0 aliphatic carbocycles. The number of nitrogens with one attached hydrogen (secondary N) is 2. The average molecular weight is 777 g/mol. The van der Waals surface area contributed by atoms with Crippen LogP contribution in [-0.4, -0.2) is 46.5 Å². The minimum Gasteiger partial charge on any atom is -0.493 e. The molecule has 0 bridgehead atoms. The van der Waals surface area contributed by atoms with Gasteiger partial charge in [-0.1, -0.05) is 107 Å². The number of carbonyl (C=O) groups is 2. The van der Waals surface area contributed by atoms with Gasteiger partial charge in [-0.05, 0) is 102 Å². The fourth-order valence-corrected chi connectivity index (χ4v) is 6.58. The third-order valence-electron chi connectivity index (χ3n) is 11.9. The minimum atomic E-state index is -3.02. The van der Waals surface area contributed by atoms with Gasteiger partial charge < -0.3 is 20.1 Å². The smallest absolute Gasteiger partial charge is 0.251 e. The highest BCUT2D eigenvalue weighted by molar-refractivity contribution is 7.72. The van der Waals surface area contributed by atoms with Crippen LogP contribution in [-0.2, 0) is 32.4 Å². The molecule has 0 unspecified atom stereocenters. The van der Waals surface area contributed by atoms with Crippen LogP contribution in [0.5, 0.6) is 11.5 Å². The Bertz CT molecular complexity index is 1730. The monoisotopic (exact) mass is 776 g/mol. The first-order valence-corrected chi connectivity index (χ1v) is 21.3. The first-order valence-electron chi connectivity index (χ1n) is 20.1. The van der Waals surface area contributed by atoms with E-state index in [0.29, 0.717) is 39.1 Å². The molecule has 0 heterocycles. The summed E-state index contributed by atoms with van der Waals surface area (Å²) < 4.78 is 36.5. The Balaban J connectivity index is 1.60. The average Bonchev–Trinajstić information content (AvgIpc) is 3.16. The van der Waals surface area contributed by atoms with Gasteiger partial charge in [-0.15, -0.1) is 0 Å². The van der Waals surface area contributed by atoms with Crippen LogP contribution in [0.25, 0.3) is 0 Å². The third kappa shape index (κ3) is 12.1. The van der Waals surface area contributed by atoms with Crippen LogP contribution < -0.4 is 20.1 Å². The highest BCUT2D eigenvalue weighted by Gasteiger charge is 2.28. The molecule has 2 N–H and O–H groups in total. The lowest BCUT2D eigenvalue weighted by Crippen LogP contribution is -2.28. The number of ether oxygens (including phenoxy) is 2. The van der Waals surface area contributed by atoms with Gasteiger partial charge in [0.15, 0.2) is 10.7 Å². The Morgan fingerprint density at radius 3 is 1.24 bits per heavy atom. The van der Waals surface area contributed by atoms with E-state index in [0.717, 1.165) is 37.2 Å². The van der Waals surface area contributed by atoms with Crippen LogP contribution in [0.1, 0.15) is 165 Å². The molecular weight excluding hydrogens is 709 g/mol. The minimum absolute atomic E-state index is 0.0589. The molecule has 0 radical (unpaired) electrons. The maximum atomic E-state index is 13.2. The zero-order valence-electron chi connectivity index (χ0n) is 35.7. The Hall–Kier alpha value is -3.85. The Kier molecular flexibility index (Phi) is 16.0. The van der Waals surface area contributed by atoms with E-state index in [1.165, 1.54) is 40.5 Å². The Morgan fingerprint density at radius 2 is 0.909 bits per heavy atom. The highest BCUT2D eigenvalue weighted by Crippen LogP contribution is 2.40. The summed E-state index contributed by atoms with van der Waals surface area (Å²) in [5.41, 5.74) is 5.11. The van der Waals surface area contributed by atoms with Crippen molar-refractivity contribution in [1.82, 2.24) is 10.6 Å². The summed E-state index contributed by atoms with van der Waals surface area (Å²) >= 11 is 0. The van der Waals surface area contributed by atoms with Gasteiger partial charge in [0.05, 0.1) is 18.1 Å². The normalized spacial score (nSPS) is 12.5. The SMILES string of the molecule is CCC(C)(C)c1ccc(OCCCNC(=O)c2cc(C(=O)NCCCOc3ccc(C(C)(C)CC)cc3C(C)(C)CC)cc([SH](=O)=O)c2)c(C(C)(C)CC)c1. The number of hydrogen-bond acceptors (Lipinski definition) is 6. The van der Waals surface area contributed by atoms with E-state index in [4.69, 9.17) is 9.47 Å². The molecule has 0 atom stereocenters. The van der Waals surface area contributed by atoms with Gasteiger partial charge >= 0.3 is 0 Å². The van der Waals surface area contributed by atoms with Crippen molar-refractivity contribution < 1.29 is 27.5 Å². The summed E-state index contributed by atoms with van der Waals surface area (Å²) in [5, 5.41) is 5.71. The quantitative estimate of drug-likeness (QED) is 0.0734. The lowest BCUT2D eigenvalue weighted by Gasteiger charge is -2.30. The summed E-state index contributed by atoms with van der Waals surface area (Å²) in [5.74, 6) is 0.773. The molecule has 304 valence electrons. The maximum absolute atomic E-state index is 13.2. The Morgan fingerprint density at radius 1 is 0.545 bits per heavy atom. The Labute approximate surface area is 333 Å². The van der Waals surface area contributed by atoms with Crippen LogP contribution in [0.4, 0.5) is 0 Å². The van der Waals surface area contributed by atoms with Crippen LogP contribution in [0.2, 0.25) is 0 Å². The number of rotatable bonds is 21. The lowest BCUT2D eigenvalue weighted by molar-refractivity contribution is 0.0950. The molecule has 0 aliphatic rings. The number of thiol groups is 1. The van der Waals surface area contributed by atoms with E-state index in [9.17, 15) is 18.0 Å². The van der Waals surface area contributed by atoms with Gasteiger partial charge in [-0.25, -0.2) is 8.42 Å². The van der Waals surface area contributed by atoms with Crippen molar-refractivity contribution in [2.24, 2.45) is 0 Å². The number of amides is 2. The lowest BCUT2D eigenvalue weighted by atomic mass is 9.76. The predicted molar refractivity (Wildman–Crippen MR) is 226 cm³/mol. The number of carbonyl (C=O) groups excluding carboxylic acids is 2. The van der Waals surface area contributed by atoms with Crippen molar-refractivity contribution in [2.45, 2.75) is 148 Å². The highest BCUT2D eigenvalue weighted by atomic mass is 32.2. The standard InChI is InChI=1S/C46H68N2O6S/c1-13-43(5,6)34-19-21-39(37(30-34)45(9,10)15-3)53-25-17-23-47-41(49)32-27-33(29-36(28-32)55(51)52)42(50)48-24-18-26-54-40-22-20-35(44(7,8)14-2)31-38(40)46(11,12)16-4/h19-22,27-31,55H,13-18,23-26H2,1-12H3,(H,47,49)(H,48,50). The van der Waals surface area contributed by atoms with Crippen molar-refractivity contribution in [1.29, 1.82) is 0 Å². The van der Waals surface area contributed by atoms with Gasteiger partial charge in [0, 0.05) is 35.3 Å². The van der Waals surface area contributed by atoms with Crippen LogP contribution in [0.15, 0.2) is 59.5 Å². The molecule has 0 aromatic heterocycles. The summed E-state index contributed by atoms with van der Waals surface area (Å²) in [6.45, 7) is 28.1. The molecule has 9 heteroatoms. The van der Waals surface area contributed by atoms with Gasteiger partial charge in [0.25, 0.3) is 11.8 Å². The fourth-order valence-electron chi connectivity index (χ4n) is 6.10. The first-order chi connectivity index (χ1) is 25.7. The van der Waals surface area contributed by atoms with Crippen molar-refractivity contribution in [3.8, 4) is 11.5 Å². The van der Waals surface area contributed by atoms with Crippen LogP contribution in [0, 0.1) is 0 Å². The second kappa shape index (κ2) is 19.3. The number of hydrogen-bond donors (Lipinski definition) is 3. The van der Waals surface area contributed by atoms with E-state index in [1.807, 2.05) is 0 Å². The molecule has 0 aliphatic heterocycles. The van der Waals surface area contributed by atoms with E-state index >= 15 is 0 Å². The topological polar surface area (TPSA) is 111 Å². The third-order valence-corrected chi connectivity index (χ3v) is 12.6. The first kappa shape index (κ1) is 45.5. The van der Waals surface area contributed by atoms with Crippen molar-refractivity contribution in [2.75, 3.05) is 26.3 Å². The molecule has 2 amide bonds. The summed E-state index contributed by atoms with van der Waals surface area (Å²) in [4.78, 5) is 26.2. The van der Waals surface area contributed by atoms with E-state index < -0.39 is 22.5 Å². The molecule has 8 nitrogen and oxygen atoms in total. The second-order valence-corrected chi connectivity index (χ2v) is 18.3. The van der Waals surface area contributed by atoms with Crippen molar-refractivity contribution in [3.05, 3.63) is 88.0 Å². The van der Waals surface area contributed by atoms with E-state index in [-0.39, 0.29) is 37.7 Å². The zero-order valence-corrected chi connectivity index (χ0v) is 36.6. The zero-order chi connectivity index (χ0) is 41.2. The van der Waals surface area contributed by atoms with Gasteiger partial charge in [-0.2, -0.15) is 0 Å². The molecule has 3 rings (SSSR count). The molecule has 0 saturated heterocycles. The molecular formula is C46H68N2O6S. The molecule has 3 aromatic rings. The maximum Gasteiger partial charge on any atom is 0.251 e. The molecule has 3 aromatic carbocycles. The summed E-state index contributed by atoms with van der Waals surface area (Å²) in [6.07, 6.45) is 5.07. The van der Waals surface area contributed by atoms with Crippen LogP contribution >= 0.6 is 0 Å². The van der Waals surface area contributed by atoms with Gasteiger partial charge in [0.2, 0.25) is 0 Å². The summed E-state index contributed by atoms with van der Waals surface area (Å²) in [6, 6.07) is 17.0. The second-order valence-electron chi connectivity index (χ2n) is 17.3. The largest absolute Gasteiger partial charge is 0.493 e. The van der Waals surface area contributed by atoms with E-state index in [1.54, 1.807) is 0 Å². The molecule has 0 fully saturated rings. The van der Waals surface area contributed by atoms with Gasteiger partial charge in [-0.3, -0.25) is 9.59 Å². The summed E-state index contributed by atoms with van der Waals surface area (Å²) in [7, 11) is -3.02. The van der Waals surface area contributed by atoms with E-state index in [2.05, 4.69) is 130 Å². The van der Waals surface area contributed by atoms with Crippen molar-refractivity contribution in [3.63, 3.8) is 0 Å². The molecule has 0 saturated carbocycles. The predicted octanol–water partition coefficient (Wildman–Crippen LogP) is 9.81.